The van der Waals surface area contributed by atoms with Crippen LogP contribution < -0.4 is 0 Å². The SMILES string of the molecule is CCC1CCCC(O)(c2cccc3ncccc23)C1. The summed E-state index contributed by atoms with van der Waals surface area (Å²) in [6, 6.07) is 10.1. The van der Waals surface area contributed by atoms with E-state index in [2.05, 4.69) is 24.0 Å². The van der Waals surface area contributed by atoms with Crippen molar-refractivity contribution < 1.29 is 5.11 Å². The van der Waals surface area contributed by atoms with E-state index >= 15 is 0 Å². The van der Waals surface area contributed by atoms with E-state index in [-0.39, 0.29) is 0 Å². The molecule has 0 radical (unpaired) electrons. The topological polar surface area (TPSA) is 33.1 Å². The first kappa shape index (κ1) is 12.6. The lowest BCUT2D eigenvalue weighted by Crippen LogP contribution is -2.32. The third kappa shape index (κ3) is 2.25. The number of rotatable bonds is 2. The summed E-state index contributed by atoms with van der Waals surface area (Å²) in [6.45, 7) is 2.22. The maximum Gasteiger partial charge on any atom is 0.0905 e. The van der Waals surface area contributed by atoms with Crippen LogP contribution in [0.1, 0.15) is 44.6 Å². The zero-order valence-electron chi connectivity index (χ0n) is 11.5. The fraction of sp³-hybridized carbons (Fsp3) is 0.471. The normalized spacial score (nSPS) is 27.6. The maximum atomic E-state index is 11.1. The molecule has 2 heteroatoms. The molecule has 2 unspecified atom stereocenters. The Morgan fingerprint density at radius 1 is 1.32 bits per heavy atom. The van der Waals surface area contributed by atoms with Gasteiger partial charge in [-0.25, -0.2) is 0 Å². The highest BCUT2D eigenvalue weighted by atomic mass is 16.3. The van der Waals surface area contributed by atoms with Gasteiger partial charge in [0.1, 0.15) is 0 Å². The highest BCUT2D eigenvalue weighted by Crippen LogP contribution is 2.42. The van der Waals surface area contributed by atoms with Crippen LogP contribution in [0.25, 0.3) is 10.9 Å². The van der Waals surface area contributed by atoms with E-state index in [9.17, 15) is 5.11 Å². The van der Waals surface area contributed by atoms with Crippen LogP contribution >= 0.6 is 0 Å². The summed E-state index contributed by atoms with van der Waals surface area (Å²) in [7, 11) is 0. The van der Waals surface area contributed by atoms with Gasteiger partial charge in [0.2, 0.25) is 0 Å². The summed E-state index contributed by atoms with van der Waals surface area (Å²) in [4.78, 5) is 4.40. The molecule has 2 aromatic rings. The van der Waals surface area contributed by atoms with E-state index in [4.69, 9.17) is 0 Å². The molecule has 0 spiro atoms. The molecular formula is C17H21NO. The van der Waals surface area contributed by atoms with Gasteiger partial charge in [-0.05, 0) is 42.9 Å². The molecule has 0 amide bonds. The van der Waals surface area contributed by atoms with Gasteiger partial charge < -0.3 is 5.11 Å². The Morgan fingerprint density at radius 2 is 2.21 bits per heavy atom. The third-order valence-electron chi connectivity index (χ3n) is 4.55. The van der Waals surface area contributed by atoms with Gasteiger partial charge in [0, 0.05) is 11.6 Å². The van der Waals surface area contributed by atoms with Gasteiger partial charge in [-0.1, -0.05) is 38.0 Å². The van der Waals surface area contributed by atoms with E-state index < -0.39 is 5.60 Å². The average Bonchev–Trinajstić information content (AvgIpc) is 2.46. The first-order valence-electron chi connectivity index (χ1n) is 7.29. The van der Waals surface area contributed by atoms with Gasteiger partial charge in [0.15, 0.2) is 0 Å². The number of hydrogen-bond acceptors (Lipinski definition) is 2. The average molecular weight is 255 g/mol. The summed E-state index contributed by atoms with van der Waals surface area (Å²) >= 11 is 0. The molecule has 19 heavy (non-hydrogen) atoms. The second-order valence-electron chi connectivity index (χ2n) is 5.78. The van der Waals surface area contributed by atoms with Crippen LogP contribution in [0.3, 0.4) is 0 Å². The van der Waals surface area contributed by atoms with Crippen LogP contribution in [0.4, 0.5) is 0 Å². The highest BCUT2D eigenvalue weighted by Gasteiger charge is 2.36. The van der Waals surface area contributed by atoms with Crippen molar-refractivity contribution in [3.05, 3.63) is 42.1 Å². The molecule has 0 saturated heterocycles. The second-order valence-corrected chi connectivity index (χ2v) is 5.78. The standard InChI is InChI=1S/C17H21NO/c1-2-13-6-4-10-17(19,12-13)15-8-3-9-16-14(15)7-5-11-18-16/h3,5,7-9,11,13,19H,2,4,6,10,12H2,1H3. The number of aromatic nitrogens is 1. The van der Waals surface area contributed by atoms with Crippen LogP contribution in [0, 0.1) is 5.92 Å². The molecule has 1 aliphatic carbocycles. The molecule has 2 nitrogen and oxygen atoms in total. The number of hydrogen-bond donors (Lipinski definition) is 1. The van der Waals surface area contributed by atoms with Crippen LogP contribution in [0.2, 0.25) is 0 Å². The molecule has 1 saturated carbocycles. The molecule has 1 N–H and O–H groups in total. The lowest BCUT2D eigenvalue weighted by molar-refractivity contribution is -0.0204. The molecule has 1 fully saturated rings. The van der Waals surface area contributed by atoms with Gasteiger partial charge in [0.05, 0.1) is 11.1 Å². The van der Waals surface area contributed by atoms with Gasteiger partial charge in [-0.2, -0.15) is 0 Å². The second kappa shape index (κ2) is 4.93. The van der Waals surface area contributed by atoms with Crippen molar-refractivity contribution in [2.75, 3.05) is 0 Å². The Kier molecular flexibility index (Phi) is 3.28. The van der Waals surface area contributed by atoms with E-state index in [1.54, 1.807) is 0 Å². The Balaban J connectivity index is 2.07. The fourth-order valence-corrected chi connectivity index (χ4v) is 3.47. The summed E-state index contributed by atoms with van der Waals surface area (Å²) in [5.41, 5.74) is 1.38. The lowest BCUT2D eigenvalue weighted by Gasteiger charge is -2.37. The van der Waals surface area contributed by atoms with Gasteiger partial charge in [0.25, 0.3) is 0 Å². The Morgan fingerprint density at radius 3 is 3.05 bits per heavy atom. The molecule has 2 atom stereocenters. The van der Waals surface area contributed by atoms with Crippen LogP contribution in [-0.2, 0) is 5.60 Å². The van der Waals surface area contributed by atoms with Crippen molar-refractivity contribution in [1.29, 1.82) is 0 Å². The number of benzene rings is 1. The Hall–Kier alpha value is -1.41. The van der Waals surface area contributed by atoms with Gasteiger partial charge in [-0.15, -0.1) is 0 Å². The fourth-order valence-electron chi connectivity index (χ4n) is 3.47. The van der Waals surface area contributed by atoms with Crippen LogP contribution in [0.15, 0.2) is 36.5 Å². The zero-order valence-corrected chi connectivity index (χ0v) is 11.5. The molecule has 100 valence electrons. The maximum absolute atomic E-state index is 11.1. The summed E-state index contributed by atoms with van der Waals surface area (Å²) in [5.74, 6) is 0.644. The smallest absolute Gasteiger partial charge is 0.0905 e. The van der Waals surface area contributed by atoms with Crippen LogP contribution in [0.5, 0.6) is 0 Å². The molecule has 0 aliphatic heterocycles. The number of pyridine rings is 1. The summed E-state index contributed by atoms with van der Waals surface area (Å²) in [6.07, 6.45) is 7.10. The number of fused-ring (bicyclic) bond motifs is 1. The van der Waals surface area contributed by atoms with Crippen molar-refractivity contribution in [1.82, 2.24) is 4.98 Å². The molecule has 0 bridgehead atoms. The monoisotopic (exact) mass is 255 g/mol. The predicted molar refractivity (Wildman–Crippen MR) is 77.9 cm³/mol. The highest BCUT2D eigenvalue weighted by molar-refractivity contribution is 5.82. The minimum absolute atomic E-state index is 0.644. The molecular weight excluding hydrogens is 234 g/mol. The molecule has 1 heterocycles. The van der Waals surface area contributed by atoms with Gasteiger partial charge in [-0.3, -0.25) is 4.98 Å². The van der Waals surface area contributed by atoms with Crippen molar-refractivity contribution in [2.45, 2.75) is 44.6 Å². The first-order valence-corrected chi connectivity index (χ1v) is 7.29. The van der Waals surface area contributed by atoms with Crippen LogP contribution in [-0.4, -0.2) is 10.1 Å². The lowest BCUT2D eigenvalue weighted by atomic mass is 9.73. The molecule has 1 aromatic heterocycles. The molecule has 3 rings (SSSR count). The zero-order chi connectivity index (χ0) is 13.3. The number of aliphatic hydroxyl groups is 1. The third-order valence-corrected chi connectivity index (χ3v) is 4.55. The Bertz CT molecular complexity index is 575. The Labute approximate surface area is 114 Å². The minimum Gasteiger partial charge on any atom is -0.385 e. The number of nitrogens with zero attached hydrogens (tertiary/aromatic N) is 1. The predicted octanol–water partition coefficient (Wildman–Crippen LogP) is 4.02. The van der Waals surface area contributed by atoms with Crippen molar-refractivity contribution in [3.63, 3.8) is 0 Å². The molecule has 1 aliphatic rings. The van der Waals surface area contributed by atoms with Gasteiger partial charge >= 0.3 is 0 Å². The van der Waals surface area contributed by atoms with E-state index in [1.165, 1.54) is 6.42 Å². The summed E-state index contributed by atoms with van der Waals surface area (Å²) in [5, 5.41) is 12.2. The largest absolute Gasteiger partial charge is 0.385 e. The van der Waals surface area contributed by atoms with E-state index in [0.717, 1.165) is 42.1 Å². The van der Waals surface area contributed by atoms with Crippen molar-refractivity contribution in [3.8, 4) is 0 Å². The quantitative estimate of drug-likeness (QED) is 0.879. The van der Waals surface area contributed by atoms with Crippen molar-refractivity contribution >= 4 is 10.9 Å². The first-order chi connectivity index (χ1) is 9.23. The van der Waals surface area contributed by atoms with E-state index in [0.29, 0.717) is 5.92 Å². The molecule has 1 aromatic carbocycles. The van der Waals surface area contributed by atoms with Crippen molar-refractivity contribution in [2.24, 2.45) is 5.92 Å². The summed E-state index contributed by atoms with van der Waals surface area (Å²) < 4.78 is 0. The van der Waals surface area contributed by atoms with E-state index in [1.807, 2.05) is 24.4 Å². The minimum atomic E-state index is -0.665.